The lowest BCUT2D eigenvalue weighted by Crippen LogP contribution is -2.60. The third kappa shape index (κ3) is 37.5. The number of hydrogen-bond donors (Lipinski definition) is 11. The molecular weight excluding hydrogens is 1670 g/mol. The summed E-state index contributed by atoms with van der Waals surface area (Å²) in [6.45, 7) is 44.4. The van der Waals surface area contributed by atoms with Crippen molar-refractivity contribution in [2.75, 3.05) is 98.9 Å². The van der Waals surface area contributed by atoms with Gasteiger partial charge in [0.15, 0.2) is 12.3 Å². The molecule has 23 nitrogen and oxygen atoms in total. The summed E-state index contributed by atoms with van der Waals surface area (Å²) in [5.74, 6) is -0.578. The van der Waals surface area contributed by atoms with Crippen molar-refractivity contribution >= 4 is 29.5 Å². The summed E-state index contributed by atoms with van der Waals surface area (Å²) in [5.41, 5.74) is 10.6. The van der Waals surface area contributed by atoms with Gasteiger partial charge >= 0.3 is 0 Å². The molecule has 6 fully saturated rings. The maximum absolute atomic E-state index is 14.5. The van der Waals surface area contributed by atoms with Gasteiger partial charge in [-0.05, 0) is 245 Å². The zero-order chi connectivity index (χ0) is 97.5. The van der Waals surface area contributed by atoms with Gasteiger partial charge in [-0.2, -0.15) is 0 Å². The number of nitrogens with two attached hydrogens (primary N) is 1. The van der Waals surface area contributed by atoms with E-state index in [0.717, 1.165) is 175 Å². The van der Waals surface area contributed by atoms with E-state index >= 15 is 0 Å². The fourth-order valence-corrected chi connectivity index (χ4v) is 19.3. The van der Waals surface area contributed by atoms with E-state index in [1.807, 2.05) is 106 Å². The number of piperidine rings is 6. The Balaban J connectivity index is 0.000000218. The van der Waals surface area contributed by atoms with Crippen molar-refractivity contribution in [2.24, 2.45) is 11.7 Å². The second kappa shape index (κ2) is 55.5. The Hall–Kier alpha value is -7.92. The molecule has 5 unspecified atom stereocenters. The number of rotatable bonds is 33. The second-order valence-corrected chi connectivity index (χ2v) is 40.9. The van der Waals surface area contributed by atoms with Crippen molar-refractivity contribution < 1.29 is 58.6 Å². The van der Waals surface area contributed by atoms with Gasteiger partial charge in [0.2, 0.25) is 23.6 Å². The van der Waals surface area contributed by atoms with Crippen molar-refractivity contribution in [2.45, 2.75) is 333 Å². The first kappa shape index (κ1) is 112. The molecule has 5 atom stereocenters. The van der Waals surface area contributed by atoms with Gasteiger partial charge in [-0.25, -0.2) is 4.39 Å². The highest BCUT2D eigenvalue weighted by Gasteiger charge is 2.45. The molecule has 24 heteroatoms. The lowest BCUT2D eigenvalue weighted by Gasteiger charge is -2.44. The smallest absolute Gasteiger partial charge is 0.251 e. The van der Waals surface area contributed by atoms with Crippen LogP contribution in [0.25, 0.3) is 0 Å². The number of nitrogens with one attached hydrogen (secondary N) is 5. The number of aliphatic hydroxyl groups excluding tert-OH is 4. The molecule has 0 aliphatic carbocycles. The standard InChI is InChI=1S/C20H33N3O.C20H32N2O2.C19H30N2O2.C18H28N2O3.C17H26N2O2.C15H22FNO/c1-15(2)18(21)19(24)22-20(14-17-8-6-5-7-9-17)10-12-23(13-11-20)16(3)4;1-16(2)22-12-10-20(11-13-22,15-18-8-6-5-7-9-18)21-19(23)14-17(3)24-4;1-15(2)21-11-9-19(10-12-21,20-18(23)13-16(3)22)14-17-7-5-4-6-8-17;1-14(2)20-10-8-18(9-11-20,19-17(23)16(22)13-21)12-15-6-4-3-5-7-15;1-14(2)19-10-8-17(9-11-19,18-16(21)13-20)12-15-6-4-3-5-7-15;1-12(2)17-10-8-15(18,9-11-17)14(16)13-6-4-3-5-7-13/h5-9,15-16,18H,10-14,21H2,1-4H3,(H,22,24);5-9,16-17H,10-15H2,1-4H3,(H,21,23);4-8,15-16,22H,9-14H2,1-3H3,(H,20,23);3-7,14,16,21-22H,8-13H2,1-2H3,(H,19,23);3-7,14,20H,8-13H2,1-2H3,(H,18,21);3-7,12,14,18H,8-11H2,1-2H3. The average molecular weight is 1840 g/mol. The summed E-state index contributed by atoms with van der Waals surface area (Å²) < 4.78 is 19.7. The molecule has 740 valence electrons. The normalized spacial score (nSPS) is 19.7. The summed E-state index contributed by atoms with van der Waals surface area (Å²) in [6.07, 6.45) is 11.8. The first-order chi connectivity index (χ1) is 63.2. The van der Waals surface area contributed by atoms with Crippen LogP contribution in [0.4, 0.5) is 4.39 Å². The summed E-state index contributed by atoms with van der Waals surface area (Å²) in [6, 6.07) is 63.3. The minimum Gasteiger partial charge on any atom is -0.393 e. The number of carbonyl (C=O) groups excluding carboxylic acids is 5. The van der Waals surface area contributed by atoms with Crippen LogP contribution < -0.4 is 32.3 Å². The maximum Gasteiger partial charge on any atom is 0.251 e. The number of nitrogens with zero attached hydrogens (tertiary/aromatic N) is 6. The van der Waals surface area contributed by atoms with E-state index in [-0.39, 0.29) is 69.8 Å². The average Bonchev–Trinajstić information content (AvgIpc) is 0.811. The van der Waals surface area contributed by atoms with Crippen LogP contribution in [-0.4, -0.2) is 277 Å². The monoisotopic (exact) mass is 1840 g/mol. The van der Waals surface area contributed by atoms with Crippen LogP contribution in [-0.2, 0) is 60.8 Å². The molecule has 6 aliphatic heterocycles. The molecular formula is C109H171FN12O11. The van der Waals surface area contributed by atoms with Gasteiger partial charge in [-0.3, -0.25) is 24.0 Å². The maximum atomic E-state index is 14.5. The van der Waals surface area contributed by atoms with E-state index in [9.17, 15) is 43.7 Å². The molecule has 0 spiro atoms. The van der Waals surface area contributed by atoms with Gasteiger partial charge in [0.05, 0.1) is 37.7 Å². The SMILES string of the molecule is CC(C)C(N)C(=O)NC1(Cc2ccccc2)CCN(C(C)C)CC1.CC(C)N1CCC(Cc2ccccc2)(NC(=O)C(O)CO)CC1.CC(C)N1CCC(Cc2ccccc2)(NC(=O)CO)CC1.CC(C)N1CCC(O)(C(F)c2ccccc2)CC1.CC(O)CC(=O)NC1(Cc2ccccc2)CCN(C(C)C)CC1.COC(C)CC(=O)NC1(Cc2ccccc2)CCN(C(C)C)CC1. The molecule has 12 rings (SSSR count). The summed E-state index contributed by atoms with van der Waals surface area (Å²) in [4.78, 5) is 75.7. The highest BCUT2D eigenvalue weighted by Crippen LogP contribution is 2.39. The van der Waals surface area contributed by atoms with Gasteiger partial charge in [0.25, 0.3) is 5.91 Å². The van der Waals surface area contributed by atoms with E-state index in [2.05, 4.69) is 224 Å². The first-order valence-corrected chi connectivity index (χ1v) is 49.7. The Morgan fingerprint density at radius 2 is 0.586 bits per heavy atom. The Morgan fingerprint density at radius 3 is 0.820 bits per heavy atom. The Morgan fingerprint density at radius 1 is 0.353 bits per heavy atom. The number of aliphatic hydroxyl groups is 5. The number of carbonyl (C=O) groups is 5. The number of likely N-dealkylation sites (tertiary alicyclic amines) is 6. The minimum atomic E-state index is -1.36. The number of amides is 5. The molecule has 6 aromatic rings. The third-order valence-electron chi connectivity index (χ3n) is 28.3. The lowest BCUT2D eigenvalue weighted by molar-refractivity contribution is -0.134. The third-order valence-corrected chi connectivity index (χ3v) is 28.3. The van der Waals surface area contributed by atoms with Crippen LogP contribution in [0.5, 0.6) is 0 Å². The summed E-state index contributed by atoms with van der Waals surface area (Å²) >= 11 is 0. The largest absolute Gasteiger partial charge is 0.393 e. The highest BCUT2D eigenvalue weighted by atomic mass is 19.1. The predicted octanol–water partition coefficient (Wildman–Crippen LogP) is 13.4. The number of ether oxygens (including phenoxy) is 1. The van der Waals surface area contributed by atoms with Crippen molar-refractivity contribution in [1.82, 2.24) is 56.0 Å². The zero-order valence-electron chi connectivity index (χ0n) is 83.9. The van der Waals surface area contributed by atoms with Gasteiger partial charge in [0, 0.05) is 150 Å². The molecule has 0 aromatic heterocycles. The van der Waals surface area contributed by atoms with Crippen LogP contribution in [0.2, 0.25) is 0 Å². The molecule has 5 amide bonds. The van der Waals surface area contributed by atoms with Crippen LogP contribution in [0.15, 0.2) is 182 Å². The second-order valence-electron chi connectivity index (χ2n) is 40.9. The number of hydrogen-bond acceptors (Lipinski definition) is 18. The van der Waals surface area contributed by atoms with E-state index in [1.165, 1.54) is 27.8 Å². The Bertz CT molecular complexity index is 4240. The van der Waals surface area contributed by atoms with Gasteiger partial charge in [-0.15, -0.1) is 0 Å². The fourth-order valence-electron chi connectivity index (χ4n) is 19.3. The minimum absolute atomic E-state index is 0.0149. The zero-order valence-corrected chi connectivity index (χ0v) is 83.9. The first-order valence-electron chi connectivity index (χ1n) is 49.7. The molecule has 133 heavy (non-hydrogen) atoms. The Kier molecular flexibility index (Phi) is 46.7. The number of alkyl halides is 1. The lowest BCUT2D eigenvalue weighted by atomic mass is 9.81. The number of halogens is 1. The molecule has 6 aliphatic rings. The molecule has 6 heterocycles. The topological polar surface area (TPSA) is 301 Å². The van der Waals surface area contributed by atoms with Crippen molar-refractivity contribution in [3.8, 4) is 0 Å². The Labute approximate surface area is 798 Å². The molecule has 12 N–H and O–H groups in total. The molecule has 6 aromatic carbocycles. The molecule has 0 saturated carbocycles. The number of methoxy groups -OCH3 is 1. The molecule has 0 radical (unpaired) electrons. The summed E-state index contributed by atoms with van der Waals surface area (Å²) in [5, 5.41) is 63.7. The highest BCUT2D eigenvalue weighted by molar-refractivity contribution is 5.83. The molecule has 6 saturated heterocycles. The predicted molar refractivity (Wildman–Crippen MR) is 536 cm³/mol. The van der Waals surface area contributed by atoms with Crippen LogP contribution in [0, 0.1) is 5.92 Å². The molecule has 0 bridgehead atoms. The van der Waals surface area contributed by atoms with Crippen molar-refractivity contribution in [1.29, 1.82) is 0 Å². The fraction of sp³-hybridized carbons (Fsp3) is 0.624. The van der Waals surface area contributed by atoms with Gasteiger partial charge in [-0.1, -0.05) is 196 Å². The van der Waals surface area contributed by atoms with E-state index in [1.54, 1.807) is 26.2 Å². The van der Waals surface area contributed by atoms with Crippen LogP contribution in [0.3, 0.4) is 0 Å². The van der Waals surface area contributed by atoms with Gasteiger partial charge < -0.3 is 92.0 Å². The van der Waals surface area contributed by atoms with Crippen molar-refractivity contribution in [3.63, 3.8) is 0 Å². The van der Waals surface area contributed by atoms with Gasteiger partial charge in [0.1, 0.15) is 12.2 Å². The van der Waals surface area contributed by atoms with Crippen LogP contribution in [0.1, 0.15) is 240 Å². The van der Waals surface area contributed by atoms with E-state index in [0.29, 0.717) is 61.1 Å². The van der Waals surface area contributed by atoms with Crippen LogP contribution >= 0.6 is 0 Å². The van der Waals surface area contributed by atoms with Crippen molar-refractivity contribution in [3.05, 3.63) is 215 Å². The number of benzene rings is 6. The van der Waals surface area contributed by atoms with E-state index < -0.39 is 49.1 Å². The summed E-state index contributed by atoms with van der Waals surface area (Å²) in [7, 11) is 1.65. The quantitative estimate of drug-likeness (QED) is 0.0182. The van der Waals surface area contributed by atoms with E-state index in [4.69, 9.17) is 20.7 Å².